The number of benzene rings is 1. The molecule has 4 N–H and O–H groups in total. The van der Waals surface area contributed by atoms with Crippen molar-refractivity contribution in [3.63, 3.8) is 0 Å². The maximum absolute atomic E-state index is 9.25. The molecule has 0 radical (unpaired) electrons. The summed E-state index contributed by atoms with van der Waals surface area (Å²) >= 11 is 0. The van der Waals surface area contributed by atoms with Gasteiger partial charge in [-0.3, -0.25) is 5.32 Å². The first-order valence-electron chi connectivity index (χ1n) is 4.48. The van der Waals surface area contributed by atoms with E-state index in [1.807, 2.05) is 31.2 Å². The summed E-state index contributed by atoms with van der Waals surface area (Å²) in [6, 6.07) is 7.63. The SMILES string of the molecule is CC[C@@H](O)NCc1cccc(N)c1. The van der Waals surface area contributed by atoms with Crippen LogP contribution in [0.15, 0.2) is 24.3 Å². The van der Waals surface area contributed by atoms with Gasteiger partial charge in [0.2, 0.25) is 0 Å². The number of anilines is 1. The average Bonchev–Trinajstić information content (AvgIpc) is 2.14. The molecule has 72 valence electrons. The van der Waals surface area contributed by atoms with Crippen LogP contribution >= 0.6 is 0 Å². The lowest BCUT2D eigenvalue weighted by Gasteiger charge is -2.10. The van der Waals surface area contributed by atoms with Crippen LogP contribution in [-0.2, 0) is 6.54 Å². The van der Waals surface area contributed by atoms with E-state index in [0.29, 0.717) is 13.0 Å². The maximum atomic E-state index is 9.25. The Morgan fingerprint density at radius 1 is 1.54 bits per heavy atom. The molecule has 0 aliphatic heterocycles. The Bertz CT molecular complexity index is 263. The summed E-state index contributed by atoms with van der Waals surface area (Å²) < 4.78 is 0. The molecule has 1 rings (SSSR count). The van der Waals surface area contributed by atoms with Crippen molar-refractivity contribution in [2.45, 2.75) is 26.1 Å². The second-order valence-corrected chi connectivity index (χ2v) is 3.05. The third kappa shape index (κ3) is 3.44. The van der Waals surface area contributed by atoms with Crippen molar-refractivity contribution in [3.05, 3.63) is 29.8 Å². The molecular weight excluding hydrogens is 164 g/mol. The largest absolute Gasteiger partial charge is 0.399 e. The number of hydrogen-bond donors (Lipinski definition) is 3. The van der Waals surface area contributed by atoms with Crippen molar-refractivity contribution >= 4 is 5.69 Å². The highest BCUT2D eigenvalue weighted by Gasteiger charge is 1.99. The van der Waals surface area contributed by atoms with Crippen LogP contribution in [0, 0.1) is 0 Å². The van der Waals surface area contributed by atoms with Crippen LogP contribution in [0.1, 0.15) is 18.9 Å². The van der Waals surface area contributed by atoms with Crippen molar-refractivity contribution < 1.29 is 5.11 Å². The molecule has 0 aliphatic rings. The molecule has 0 saturated heterocycles. The van der Waals surface area contributed by atoms with Crippen LogP contribution in [0.25, 0.3) is 0 Å². The molecule has 3 heteroatoms. The van der Waals surface area contributed by atoms with Crippen LogP contribution in [-0.4, -0.2) is 11.3 Å². The minimum absolute atomic E-state index is 0.429. The van der Waals surface area contributed by atoms with Gasteiger partial charge in [-0.05, 0) is 24.1 Å². The second-order valence-electron chi connectivity index (χ2n) is 3.05. The quantitative estimate of drug-likeness (QED) is 0.480. The molecule has 1 aromatic rings. The van der Waals surface area contributed by atoms with E-state index in [4.69, 9.17) is 5.73 Å². The zero-order chi connectivity index (χ0) is 9.68. The molecule has 1 aromatic carbocycles. The summed E-state index contributed by atoms with van der Waals surface area (Å²) in [4.78, 5) is 0. The molecule has 0 saturated carbocycles. The minimum atomic E-state index is -0.429. The smallest absolute Gasteiger partial charge is 0.104 e. The number of aliphatic hydroxyl groups excluding tert-OH is 1. The molecule has 0 bridgehead atoms. The van der Waals surface area contributed by atoms with Gasteiger partial charge in [0.05, 0.1) is 0 Å². The number of aliphatic hydroxyl groups is 1. The lowest BCUT2D eigenvalue weighted by atomic mass is 10.2. The van der Waals surface area contributed by atoms with Crippen LogP contribution in [0.5, 0.6) is 0 Å². The number of nitrogens with two attached hydrogens (primary N) is 1. The predicted octanol–water partition coefficient (Wildman–Crippen LogP) is 1.09. The van der Waals surface area contributed by atoms with Gasteiger partial charge in [-0.15, -0.1) is 0 Å². The summed E-state index contributed by atoms with van der Waals surface area (Å²) in [6.07, 6.45) is 0.281. The first-order valence-corrected chi connectivity index (χ1v) is 4.48. The zero-order valence-corrected chi connectivity index (χ0v) is 7.83. The van der Waals surface area contributed by atoms with E-state index in [1.165, 1.54) is 0 Å². The molecule has 0 aromatic heterocycles. The van der Waals surface area contributed by atoms with Crippen LogP contribution in [0.4, 0.5) is 5.69 Å². The molecule has 0 fully saturated rings. The summed E-state index contributed by atoms with van der Waals surface area (Å²) in [6.45, 7) is 2.58. The number of nitrogen functional groups attached to an aromatic ring is 1. The van der Waals surface area contributed by atoms with Gasteiger partial charge in [0.25, 0.3) is 0 Å². The summed E-state index contributed by atoms with van der Waals surface area (Å²) in [5.41, 5.74) is 7.45. The van der Waals surface area contributed by atoms with Gasteiger partial charge >= 0.3 is 0 Å². The summed E-state index contributed by atoms with van der Waals surface area (Å²) in [7, 11) is 0. The monoisotopic (exact) mass is 180 g/mol. The van der Waals surface area contributed by atoms with Gasteiger partial charge in [-0.1, -0.05) is 19.1 Å². The maximum Gasteiger partial charge on any atom is 0.104 e. The predicted molar refractivity (Wildman–Crippen MR) is 54.0 cm³/mol. The Balaban J connectivity index is 2.45. The first-order chi connectivity index (χ1) is 6.22. The summed E-state index contributed by atoms with van der Waals surface area (Å²) in [5.74, 6) is 0. The van der Waals surface area contributed by atoms with Gasteiger partial charge in [0.1, 0.15) is 6.23 Å². The zero-order valence-electron chi connectivity index (χ0n) is 7.83. The Labute approximate surface area is 78.6 Å². The molecule has 0 spiro atoms. The van der Waals surface area contributed by atoms with E-state index < -0.39 is 6.23 Å². The van der Waals surface area contributed by atoms with Gasteiger partial charge in [-0.25, -0.2) is 0 Å². The number of nitrogens with one attached hydrogen (secondary N) is 1. The van der Waals surface area contributed by atoms with E-state index in [2.05, 4.69) is 5.32 Å². The van der Waals surface area contributed by atoms with Gasteiger partial charge in [0.15, 0.2) is 0 Å². The van der Waals surface area contributed by atoms with Crippen molar-refractivity contribution in [2.24, 2.45) is 0 Å². The lowest BCUT2D eigenvalue weighted by Crippen LogP contribution is -2.27. The van der Waals surface area contributed by atoms with E-state index in [0.717, 1.165) is 11.3 Å². The fourth-order valence-electron chi connectivity index (χ4n) is 1.08. The molecule has 0 unspecified atom stereocenters. The molecule has 0 amide bonds. The topological polar surface area (TPSA) is 58.3 Å². The van der Waals surface area contributed by atoms with E-state index >= 15 is 0 Å². The number of rotatable bonds is 4. The average molecular weight is 180 g/mol. The standard InChI is InChI=1S/C10H16N2O/c1-2-10(13)12-7-8-4-3-5-9(11)6-8/h3-6,10,12-13H,2,7,11H2,1H3/t10-/m1/s1. The third-order valence-electron chi connectivity index (χ3n) is 1.88. The highest BCUT2D eigenvalue weighted by atomic mass is 16.3. The summed E-state index contributed by atoms with van der Waals surface area (Å²) in [5, 5.41) is 12.2. The van der Waals surface area contributed by atoms with Crippen LogP contribution < -0.4 is 11.1 Å². The van der Waals surface area contributed by atoms with Gasteiger partial charge in [-0.2, -0.15) is 0 Å². The molecule has 0 aliphatic carbocycles. The third-order valence-corrected chi connectivity index (χ3v) is 1.88. The normalized spacial score (nSPS) is 12.8. The Kier molecular flexibility index (Phi) is 3.73. The number of hydrogen-bond acceptors (Lipinski definition) is 3. The Morgan fingerprint density at radius 2 is 2.31 bits per heavy atom. The fraction of sp³-hybridized carbons (Fsp3) is 0.400. The Morgan fingerprint density at radius 3 is 2.92 bits per heavy atom. The van der Waals surface area contributed by atoms with Crippen molar-refractivity contribution in [1.29, 1.82) is 0 Å². The van der Waals surface area contributed by atoms with E-state index in [-0.39, 0.29) is 0 Å². The van der Waals surface area contributed by atoms with Crippen molar-refractivity contribution in [1.82, 2.24) is 5.32 Å². The molecule has 3 nitrogen and oxygen atoms in total. The van der Waals surface area contributed by atoms with Gasteiger partial charge in [0, 0.05) is 12.2 Å². The van der Waals surface area contributed by atoms with E-state index in [1.54, 1.807) is 0 Å². The Hall–Kier alpha value is -1.06. The van der Waals surface area contributed by atoms with Crippen LogP contribution in [0.3, 0.4) is 0 Å². The highest BCUT2D eigenvalue weighted by Crippen LogP contribution is 2.06. The van der Waals surface area contributed by atoms with E-state index in [9.17, 15) is 5.11 Å². The molecular formula is C10H16N2O. The first kappa shape index (κ1) is 10.0. The van der Waals surface area contributed by atoms with Crippen molar-refractivity contribution in [2.75, 3.05) is 5.73 Å². The minimum Gasteiger partial charge on any atom is -0.399 e. The van der Waals surface area contributed by atoms with Crippen LogP contribution in [0.2, 0.25) is 0 Å². The second kappa shape index (κ2) is 4.84. The van der Waals surface area contributed by atoms with Gasteiger partial charge < -0.3 is 10.8 Å². The van der Waals surface area contributed by atoms with Crippen molar-refractivity contribution in [3.8, 4) is 0 Å². The molecule has 0 heterocycles. The molecule has 13 heavy (non-hydrogen) atoms. The highest BCUT2D eigenvalue weighted by molar-refractivity contribution is 5.40. The molecule has 1 atom stereocenters. The fourth-order valence-corrected chi connectivity index (χ4v) is 1.08. The lowest BCUT2D eigenvalue weighted by molar-refractivity contribution is 0.131.